The standard InChI is InChI=1S/C15H22N4O2/c1-4-9-19-10-8-17-15(19)13(18-16)11-6-5-7-12(20-2)14(11)21-3/h5-8,10,13,18H,4,9,16H2,1-3H3. The van der Waals surface area contributed by atoms with Crippen molar-refractivity contribution in [3.8, 4) is 11.5 Å². The number of rotatable bonds is 7. The Morgan fingerprint density at radius 1 is 1.33 bits per heavy atom. The third kappa shape index (κ3) is 3.01. The molecule has 6 heteroatoms. The number of hydrazine groups is 1. The zero-order valence-corrected chi connectivity index (χ0v) is 12.7. The van der Waals surface area contributed by atoms with E-state index in [9.17, 15) is 0 Å². The Morgan fingerprint density at radius 2 is 2.14 bits per heavy atom. The molecule has 3 N–H and O–H groups in total. The lowest BCUT2D eigenvalue weighted by molar-refractivity contribution is 0.348. The third-order valence-corrected chi connectivity index (χ3v) is 3.38. The van der Waals surface area contributed by atoms with Crippen LogP contribution in [0, 0.1) is 0 Å². The Labute approximate surface area is 124 Å². The van der Waals surface area contributed by atoms with Gasteiger partial charge in [0.1, 0.15) is 11.9 Å². The summed E-state index contributed by atoms with van der Waals surface area (Å²) in [4.78, 5) is 4.44. The first-order chi connectivity index (χ1) is 10.3. The van der Waals surface area contributed by atoms with Gasteiger partial charge in [0.15, 0.2) is 11.5 Å². The molecule has 0 fully saturated rings. The van der Waals surface area contributed by atoms with Gasteiger partial charge in [-0.3, -0.25) is 5.84 Å². The van der Waals surface area contributed by atoms with Crippen LogP contribution in [0.25, 0.3) is 0 Å². The van der Waals surface area contributed by atoms with E-state index in [2.05, 4.69) is 21.9 Å². The van der Waals surface area contributed by atoms with Gasteiger partial charge in [0.25, 0.3) is 0 Å². The average Bonchev–Trinajstić information content (AvgIpc) is 2.96. The molecule has 0 bridgehead atoms. The van der Waals surface area contributed by atoms with Crippen molar-refractivity contribution < 1.29 is 9.47 Å². The minimum absolute atomic E-state index is 0.267. The molecule has 0 radical (unpaired) electrons. The number of benzene rings is 1. The van der Waals surface area contributed by atoms with Gasteiger partial charge in [-0.05, 0) is 12.5 Å². The normalized spacial score (nSPS) is 12.2. The Bertz CT molecular complexity index is 583. The van der Waals surface area contributed by atoms with Crippen molar-refractivity contribution in [1.82, 2.24) is 15.0 Å². The highest BCUT2D eigenvalue weighted by Gasteiger charge is 2.23. The van der Waals surface area contributed by atoms with Crippen molar-refractivity contribution >= 4 is 0 Å². The van der Waals surface area contributed by atoms with Crippen molar-refractivity contribution in [2.75, 3.05) is 14.2 Å². The van der Waals surface area contributed by atoms with Gasteiger partial charge >= 0.3 is 0 Å². The topological polar surface area (TPSA) is 74.3 Å². The maximum atomic E-state index is 5.78. The molecule has 1 atom stereocenters. The summed E-state index contributed by atoms with van der Waals surface area (Å²) < 4.78 is 12.9. The van der Waals surface area contributed by atoms with Crippen LogP contribution in [-0.4, -0.2) is 23.8 Å². The number of hydrogen-bond donors (Lipinski definition) is 2. The average molecular weight is 290 g/mol. The van der Waals surface area contributed by atoms with Gasteiger partial charge in [-0.15, -0.1) is 0 Å². The van der Waals surface area contributed by atoms with Gasteiger partial charge in [-0.1, -0.05) is 19.1 Å². The maximum Gasteiger partial charge on any atom is 0.165 e. The summed E-state index contributed by atoms with van der Waals surface area (Å²) in [5.74, 6) is 7.96. The minimum atomic E-state index is -0.267. The Kier molecular flexibility index (Phi) is 5.19. The van der Waals surface area contributed by atoms with Crippen molar-refractivity contribution in [2.45, 2.75) is 25.9 Å². The molecule has 1 aromatic carbocycles. The van der Waals surface area contributed by atoms with Gasteiger partial charge in [-0.25, -0.2) is 10.4 Å². The van der Waals surface area contributed by atoms with Gasteiger partial charge in [0.05, 0.1) is 14.2 Å². The van der Waals surface area contributed by atoms with Crippen LogP contribution in [0.3, 0.4) is 0 Å². The smallest absolute Gasteiger partial charge is 0.165 e. The van der Waals surface area contributed by atoms with Gasteiger partial charge in [-0.2, -0.15) is 0 Å². The molecule has 0 amide bonds. The van der Waals surface area contributed by atoms with Crippen molar-refractivity contribution in [3.63, 3.8) is 0 Å². The molecule has 2 rings (SSSR count). The summed E-state index contributed by atoms with van der Waals surface area (Å²) in [5.41, 5.74) is 3.72. The van der Waals surface area contributed by atoms with Crippen LogP contribution in [0.15, 0.2) is 30.6 Å². The number of ether oxygens (including phenoxy) is 2. The zero-order valence-electron chi connectivity index (χ0n) is 12.7. The Balaban J connectivity index is 2.48. The number of hydrogen-bond acceptors (Lipinski definition) is 5. The van der Waals surface area contributed by atoms with Gasteiger partial charge < -0.3 is 14.0 Å². The van der Waals surface area contributed by atoms with E-state index < -0.39 is 0 Å². The van der Waals surface area contributed by atoms with Crippen LogP contribution in [0.2, 0.25) is 0 Å². The summed E-state index contributed by atoms with van der Waals surface area (Å²) in [5, 5.41) is 0. The molecular weight excluding hydrogens is 268 g/mol. The van der Waals surface area contributed by atoms with E-state index in [1.807, 2.05) is 24.4 Å². The lowest BCUT2D eigenvalue weighted by Crippen LogP contribution is -2.31. The maximum absolute atomic E-state index is 5.78. The summed E-state index contributed by atoms with van der Waals surface area (Å²) in [6.07, 6.45) is 4.76. The number of aryl methyl sites for hydroxylation is 1. The summed E-state index contributed by atoms with van der Waals surface area (Å²) in [6, 6.07) is 5.45. The van der Waals surface area contributed by atoms with Crippen LogP contribution in [0.5, 0.6) is 11.5 Å². The molecule has 1 unspecified atom stereocenters. The van der Waals surface area contributed by atoms with E-state index in [0.29, 0.717) is 11.5 Å². The molecule has 1 heterocycles. The van der Waals surface area contributed by atoms with E-state index >= 15 is 0 Å². The number of nitrogens with one attached hydrogen (secondary N) is 1. The van der Waals surface area contributed by atoms with Crippen LogP contribution >= 0.6 is 0 Å². The molecule has 0 saturated heterocycles. The van der Waals surface area contributed by atoms with Crippen LogP contribution < -0.4 is 20.7 Å². The monoisotopic (exact) mass is 290 g/mol. The molecule has 1 aromatic heterocycles. The number of nitrogens with two attached hydrogens (primary N) is 1. The molecule has 0 aliphatic carbocycles. The first-order valence-corrected chi connectivity index (χ1v) is 6.94. The molecule has 0 aliphatic rings. The first-order valence-electron chi connectivity index (χ1n) is 6.94. The molecule has 114 valence electrons. The third-order valence-electron chi connectivity index (χ3n) is 3.38. The van der Waals surface area contributed by atoms with Gasteiger partial charge in [0.2, 0.25) is 0 Å². The SMILES string of the molecule is CCCn1ccnc1C(NN)c1cccc(OC)c1OC. The van der Waals surface area contributed by atoms with E-state index in [4.69, 9.17) is 15.3 Å². The first kappa shape index (κ1) is 15.3. The second kappa shape index (κ2) is 7.10. The highest BCUT2D eigenvalue weighted by molar-refractivity contribution is 5.49. The zero-order chi connectivity index (χ0) is 15.2. The fourth-order valence-corrected chi connectivity index (χ4v) is 2.45. The highest BCUT2D eigenvalue weighted by Crippen LogP contribution is 2.36. The summed E-state index contributed by atoms with van der Waals surface area (Å²) in [6.45, 7) is 3.01. The second-order valence-electron chi connectivity index (χ2n) is 4.66. The number of nitrogens with zero attached hydrogens (tertiary/aromatic N) is 2. The predicted octanol–water partition coefficient (Wildman–Crippen LogP) is 1.86. The fourth-order valence-electron chi connectivity index (χ4n) is 2.45. The van der Waals surface area contributed by atoms with E-state index in [0.717, 1.165) is 24.4 Å². The predicted molar refractivity (Wildman–Crippen MR) is 81.2 cm³/mol. The van der Waals surface area contributed by atoms with Crippen molar-refractivity contribution in [2.24, 2.45) is 5.84 Å². The van der Waals surface area contributed by atoms with E-state index in [1.54, 1.807) is 20.4 Å². The molecule has 21 heavy (non-hydrogen) atoms. The Morgan fingerprint density at radius 3 is 2.76 bits per heavy atom. The number of imidazole rings is 1. The molecule has 6 nitrogen and oxygen atoms in total. The molecule has 0 spiro atoms. The largest absolute Gasteiger partial charge is 0.493 e. The molecule has 2 aromatic rings. The lowest BCUT2D eigenvalue weighted by atomic mass is 10.0. The molecular formula is C15H22N4O2. The quantitative estimate of drug-likeness (QED) is 0.601. The molecule has 0 saturated carbocycles. The lowest BCUT2D eigenvalue weighted by Gasteiger charge is -2.21. The van der Waals surface area contributed by atoms with Gasteiger partial charge in [0, 0.05) is 24.5 Å². The van der Waals surface area contributed by atoms with E-state index in [1.165, 1.54) is 0 Å². The van der Waals surface area contributed by atoms with Crippen LogP contribution in [0.4, 0.5) is 0 Å². The summed E-state index contributed by atoms with van der Waals surface area (Å²) in [7, 11) is 3.23. The summed E-state index contributed by atoms with van der Waals surface area (Å²) >= 11 is 0. The fraction of sp³-hybridized carbons (Fsp3) is 0.400. The highest BCUT2D eigenvalue weighted by atomic mass is 16.5. The number of methoxy groups -OCH3 is 2. The Hall–Kier alpha value is -2.05. The minimum Gasteiger partial charge on any atom is -0.493 e. The number of aromatic nitrogens is 2. The number of para-hydroxylation sites is 1. The van der Waals surface area contributed by atoms with Crippen LogP contribution in [0.1, 0.15) is 30.8 Å². The van der Waals surface area contributed by atoms with Crippen molar-refractivity contribution in [3.05, 3.63) is 42.0 Å². The van der Waals surface area contributed by atoms with E-state index in [-0.39, 0.29) is 6.04 Å². The molecule has 0 aliphatic heterocycles. The van der Waals surface area contributed by atoms with Crippen LogP contribution in [-0.2, 0) is 6.54 Å². The second-order valence-corrected chi connectivity index (χ2v) is 4.66. The van der Waals surface area contributed by atoms with Crippen molar-refractivity contribution in [1.29, 1.82) is 0 Å².